The molecule has 1 aromatic carbocycles. The van der Waals surface area contributed by atoms with E-state index in [4.69, 9.17) is 10.5 Å². The van der Waals surface area contributed by atoms with Gasteiger partial charge in [0.25, 0.3) is 0 Å². The van der Waals surface area contributed by atoms with E-state index < -0.39 is 0 Å². The largest absolute Gasteiger partial charge is 0.494 e. The zero-order valence-corrected chi connectivity index (χ0v) is 12.0. The Bertz CT molecular complexity index is 360. The Balaban J connectivity index is 1.60. The highest BCUT2D eigenvalue weighted by molar-refractivity contribution is 5.41. The van der Waals surface area contributed by atoms with Gasteiger partial charge in [0.15, 0.2) is 0 Å². The minimum absolute atomic E-state index is 0.782. The number of ether oxygens (including phenoxy) is 1. The van der Waals surface area contributed by atoms with Crippen molar-refractivity contribution in [3.63, 3.8) is 0 Å². The molecule has 19 heavy (non-hydrogen) atoms. The summed E-state index contributed by atoms with van der Waals surface area (Å²) in [5.41, 5.74) is 6.42. The fourth-order valence-electron chi connectivity index (χ4n) is 2.46. The topological polar surface area (TPSA) is 38.5 Å². The monoisotopic (exact) mass is 262 g/mol. The Labute approximate surface area is 116 Å². The van der Waals surface area contributed by atoms with Crippen molar-refractivity contribution in [3.05, 3.63) is 24.3 Å². The standard InChI is InChI=1S/C16H26N2O/c1-2-18(13-14-5-3-6-14)11-4-12-19-16-9-7-15(17)8-10-16/h7-10,14H,2-6,11-13,17H2,1H3. The normalized spacial score (nSPS) is 15.5. The Morgan fingerprint density at radius 2 is 2.00 bits per heavy atom. The van der Waals surface area contributed by atoms with Gasteiger partial charge in [0, 0.05) is 18.8 Å². The first-order chi connectivity index (χ1) is 9.28. The van der Waals surface area contributed by atoms with Gasteiger partial charge < -0.3 is 15.4 Å². The molecule has 0 aliphatic heterocycles. The molecule has 0 atom stereocenters. The number of benzene rings is 1. The summed E-state index contributed by atoms with van der Waals surface area (Å²) in [6, 6.07) is 7.62. The quantitative estimate of drug-likeness (QED) is 0.578. The van der Waals surface area contributed by atoms with Crippen molar-refractivity contribution in [2.45, 2.75) is 32.6 Å². The van der Waals surface area contributed by atoms with Crippen molar-refractivity contribution >= 4 is 5.69 Å². The van der Waals surface area contributed by atoms with E-state index >= 15 is 0 Å². The Morgan fingerprint density at radius 3 is 2.58 bits per heavy atom. The fraction of sp³-hybridized carbons (Fsp3) is 0.625. The van der Waals surface area contributed by atoms with Crippen LogP contribution in [-0.4, -0.2) is 31.1 Å². The predicted molar refractivity (Wildman–Crippen MR) is 80.4 cm³/mol. The number of nitrogens with two attached hydrogens (primary N) is 1. The van der Waals surface area contributed by atoms with E-state index in [1.54, 1.807) is 0 Å². The van der Waals surface area contributed by atoms with E-state index in [1.165, 1.54) is 25.8 Å². The van der Waals surface area contributed by atoms with Crippen LogP contribution in [-0.2, 0) is 0 Å². The first-order valence-corrected chi connectivity index (χ1v) is 7.48. The summed E-state index contributed by atoms with van der Waals surface area (Å²) in [5.74, 6) is 1.87. The molecule has 106 valence electrons. The van der Waals surface area contributed by atoms with Crippen LogP contribution in [0, 0.1) is 5.92 Å². The first-order valence-electron chi connectivity index (χ1n) is 7.48. The maximum absolute atomic E-state index is 5.72. The summed E-state index contributed by atoms with van der Waals surface area (Å²) in [4.78, 5) is 2.55. The zero-order chi connectivity index (χ0) is 13.5. The summed E-state index contributed by atoms with van der Waals surface area (Å²) >= 11 is 0. The van der Waals surface area contributed by atoms with Crippen LogP contribution in [0.3, 0.4) is 0 Å². The number of hydrogen-bond acceptors (Lipinski definition) is 3. The molecule has 1 saturated carbocycles. The average molecular weight is 262 g/mol. The van der Waals surface area contributed by atoms with E-state index in [0.717, 1.165) is 43.5 Å². The van der Waals surface area contributed by atoms with Crippen LogP contribution in [0.4, 0.5) is 5.69 Å². The summed E-state index contributed by atoms with van der Waals surface area (Å²) < 4.78 is 5.72. The maximum Gasteiger partial charge on any atom is 0.119 e. The van der Waals surface area contributed by atoms with Gasteiger partial charge in [0.1, 0.15) is 5.75 Å². The highest BCUT2D eigenvalue weighted by atomic mass is 16.5. The molecule has 0 unspecified atom stereocenters. The molecule has 0 spiro atoms. The molecular formula is C16H26N2O. The van der Waals surface area contributed by atoms with Crippen molar-refractivity contribution in [3.8, 4) is 5.75 Å². The molecule has 1 fully saturated rings. The Morgan fingerprint density at radius 1 is 1.26 bits per heavy atom. The third-order valence-corrected chi connectivity index (χ3v) is 3.96. The summed E-state index contributed by atoms with van der Waals surface area (Å²) in [6.07, 6.45) is 5.38. The highest BCUT2D eigenvalue weighted by Gasteiger charge is 2.19. The van der Waals surface area contributed by atoms with E-state index in [2.05, 4.69) is 11.8 Å². The smallest absolute Gasteiger partial charge is 0.119 e. The third-order valence-electron chi connectivity index (χ3n) is 3.96. The molecule has 0 heterocycles. The molecule has 1 aliphatic carbocycles. The number of nitrogen functional groups attached to an aromatic ring is 1. The predicted octanol–water partition coefficient (Wildman–Crippen LogP) is 3.16. The molecule has 2 rings (SSSR count). The maximum atomic E-state index is 5.72. The van der Waals surface area contributed by atoms with Crippen LogP contribution in [0.15, 0.2) is 24.3 Å². The van der Waals surface area contributed by atoms with Crippen molar-refractivity contribution < 1.29 is 4.74 Å². The van der Waals surface area contributed by atoms with Gasteiger partial charge >= 0.3 is 0 Å². The average Bonchev–Trinajstić information content (AvgIpc) is 2.38. The third kappa shape index (κ3) is 4.75. The molecule has 1 aromatic rings. The van der Waals surface area contributed by atoms with Gasteiger partial charge in [0.05, 0.1) is 6.61 Å². The number of rotatable bonds is 8. The second-order valence-electron chi connectivity index (χ2n) is 5.46. The summed E-state index contributed by atoms with van der Waals surface area (Å²) in [5, 5.41) is 0. The minimum Gasteiger partial charge on any atom is -0.494 e. The van der Waals surface area contributed by atoms with Crippen LogP contribution in [0.1, 0.15) is 32.6 Å². The molecule has 2 N–H and O–H groups in total. The van der Waals surface area contributed by atoms with Crippen molar-refractivity contribution in [1.29, 1.82) is 0 Å². The molecule has 0 aromatic heterocycles. The molecule has 0 saturated heterocycles. The van der Waals surface area contributed by atoms with Gasteiger partial charge in [-0.2, -0.15) is 0 Å². The van der Waals surface area contributed by atoms with E-state index in [0.29, 0.717) is 0 Å². The minimum atomic E-state index is 0.782. The second-order valence-corrected chi connectivity index (χ2v) is 5.46. The summed E-state index contributed by atoms with van der Waals surface area (Å²) in [6.45, 7) is 6.60. The summed E-state index contributed by atoms with van der Waals surface area (Å²) in [7, 11) is 0. The van der Waals surface area contributed by atoms with Crippen LogP contribution >= 0.6 is 0 Å². The van der Waals surface area contributed by atoms with Crippen LogP contribution in [0.5, 0.6) is 5.75 Å². The molecular weight excluding hydrogens is 236 g/mol. The van der Waals surface area contributed by atoms with Gasteiger partial charge in [-0.25, -0.2) is 0 Å². The molecule has 0 radical (unpaired) electrons. The van der Waals surface area contributed by atoms with Crippen molar-refractivity contribution in [1.82, 2.24) is 4.90 Å². The van der Waals surface area contributed by atoms with Gasteiger partial charge in [0.2, 0.25) is 0 Å². The van der Waals surface area contributed by atoms with Crippen molar-refractivity contribution in [2.24, 2.45) is 5.92 Å². The lowest BCUT2D eigenvalue weighted by Gasteiger charge is -2.31. The molecule has 0 bridgehead atoms. The van der Waals surface area contributed by atoms with E-state index in [-0.39, 0.29) is 0 Å². The van der Waals surface area contributed by atoms with Crippen molar-refractivity contribution in [2.75, 3.05) is 32.0 Å². The van der Waals surface area contributed by atoms with Gasteiger partial charge in [-0.05, 0) is 56.0 Å². The fourth-order valence-corrected chi connectivity index (χ4v) is 2.46. The lowest BCUT2D eigenvalue weighted by atomic mass is 9.85. The first kappa shape index (κ1) is 14.2. The van der Waals surface area contributed by atoms with E-state index in [1.807, 2.05) is 24.3 Å². The Kier molecular flexibility index (Phi) is 5.52. The lowest BCUT2D eigenvalue weighted by Crippen LogP contribution is -2.33. The number of anilines is 1. The molecule has 0 amide bonds. The SMILES string of the molecule is CCN(CCCOc1ccc(N)cc1)CC1CCC1. The van der Waals surface area contributed by atoms with Crippen LogP contribution in [0.2, 0.25) is 0 Å². The van der Waals surface area contributed by atoms with Gasteiger partial charge in [-0.15, -0.1) is 0 Å². The number of hydrogen-bond donors (Lipinski definition) is 1. The zero-order valence-electron chi connectivity index (χ0n) is 12.0. The van der Waals surface area contributed by atoms with Gasteiger partial charge in [-0.3, -0.25) is 0 Å². The molecule has 3 nitrogen and oxygen atoms in total. The molecule has 1 aliphatic rings. The van der Waals surface area contributed by atoms with E-state index in [9.17, 15) is 0 Å². The molecule has 3 heteroatoms. The number of nitrogens with zero attached hydrogens (tertiary/aromatic N) is 1. The lowest BCUT2D eigenvalue weighted by molar-refractivity contribution is 0.172. The second kappa shape index (κ2) is 7.39. The van der Waals surface area contributed by atoms with Crippen LogP contribution < -0.4 is 10.5 Å². The van der Waals surface area contributed by atoms with Gasteiger partial charge in [-0.1, -0.05) is 13.3 Å². The Hall–Kier alpha value is -1.22. The highest BCUT2D eigenvalue weighted by Crippen LogP contribution is 2.27. The van der Waals surface area contributed by atoms with Crippen LogP contribution in [0.25, 0.3) is 0 Å².